The molecule has 5 heteroatoms. The first-order valence-corrected chi connectivity index (χ1v) is 7.86. The van der Waals surface area contributed by atoms with Gasteiger partial charge < -0.3 is 4.57 Å². The number of unbranched alkanes of at least 4 members (excludes halogenated alkanes) is 1. The van der Waals surface area contributed by atoms with Crippen molar-refractivity contribution in [1.82, 2.24) is 14.9 Å². The lowest BCUT2D eigenvalue weighted by Crippen LogP contribution is -2.41. The maximum Gasteiger partial charge on any atom is 0.167 e. The van der Waals surface area contributed by atoms with Crippen LogP contribution in [0.4, 0.5) is 0 Å². The first-order valence-electron chi connectivity index (χ1n) is 6.87. The molecule has 4 nitrogen and oxygen atoms in total. The third-order valence-electron chi connectivity index (χ3n) is 3.09. The monoisotopic (exact) mass is 280 g/mol. The molecule has 0 fully saturated rings. The molecule has 1 aromatic rings. The van der Waals surface area contributed by atoms with Crippen LogP contribution in [0, 0.1) is 11.3 Å². The average molecular weight is 280 g/mol. The molecule has 0 aromatic carbocycles. The van der Waals surface area contributed by atoms with Gasteiger partial charge in [-0.15, -0.1) is 0 Å². The SMILES string of the molecule is CCCNC(C)(C#N)CCCCSc1nccn1C. The van der Waals surface area contributed by atoms with Crippen molar-refractivity contribution in [3.63, 3.8) is 0 Å². The predicted octanol–water partition coefficient (Wildman–Crippen LogP) is 2.96. The van der Waals surface area contributed by atoms with Crippen LogP contribution in [0.2, 0.25) is 0 Å². The van der Waals surface area contributed by atoms with Crippen LogP contribution in [-0.2, 0) is 7.05 Å². The summed E-state index contributed by atoms with van der Waals surface area (Å²) in [6, 6.07) is 2.39. The van der Waals surface area contributed by atoms with E-state index in [1.54, 1.807) is 11.8 Å². The van der Waals surface area contributed by atoms with E-state index in [0.717, 1.165) is 43.1 Å². The number of rotatable bonds is 9. The van der Waals surface area contributed by atoms with E-state index in [0.29, 0.717) is 0 Å². The Labute approximate surface area is 120 Å². The Bertz CT molecular complexity index is 410. The summed E-state index contributed by atoms with van der Waals surface area (Å²) in [6.45, 7) is 5.02. The van der Waals surface area contributed by atoms with Crippen LogP contribution in [-0.4, -0.2) is 27.4 Å². The van der Waals surface area contributed by atoms with Crippen molar-refractivity contribution >= 4 is 11.8 Å². The molecule has 1 atom stereocenters. The molecule has 1 N–H and O–H groups in total. The van der Waals surface area contributed by atoms with Crippen LogP contribution in [0.3, 0.4) is 0 Å². The Balaban J connectivity index is 2.19. The quantitative estimate of drug-likeness (QED) is 0.558. The molecule has 1 rings (SSSR count). The van der Waals surface area contributed by atoms with Crippen molar-refractivity contribution in [3.8, 4) is 6.07 Å². The highest BCUT2D eigenvalue weighted by molar-refractivity contribution is 7.99. The van der Waals surface area contributed by atoms with E-state index in [4.69, 9.17) is 0 Å². The van der Waals surface area contributed by atoms with Crippen molar-refractivity contribution in [2.24, 2.45) is 7.05 Å². The average Bonchev–Trinajstić information content (AvgIpc) is 2.82. The molecule has 0 radical (unpaired) electrons. The molecular weight excluding hydrogens is 256 g/mol. The Kier molecular flexibility index (Phi) is 6.96. The Hall–Kier alpha value is -0.990. The maximum absolute atomic E-state index is 9.22. The molecule has 0 saturated carbocycles. The van der Waals surface area contributed by atoms with E-state index in [2.05, 4.69) is 23.3 Å². The number of aromatic nitrogens is 2. The lowest BCUT2D eigenvalue weighted by molar-refractivity contribution is 0.406. The van der Waals surface area contributed by atoms with Gasteiger partial charge >= 0.3 is 0 Å². The summed E-state index contributed by atoms with van der Waals surface area (Å²) >= 11 is 1.78. The Morgan fingerprint density at radius 1 is 1.53 bits per heavy atom. The Morgan fingerprint density at radius 3 is 2.89 bits per heavy atom. The highest BCUT2D eigenvalue weighted by Crippen LogP contribution is 2.19. The van der Waals surface area contributed by atoms with Gasteiger partial charge in [-0.1, -0.05) is 18.7 Å². The molecule has 1 aromatic heterocycles. The molecule has 106 valence electrons. The van der Waals surface area contributed by atoms with Crippen LogP contribution in [0.5, 0.6) is 0 Å². The Morgan fingerprint density at radius 2 is 2.32 bits per heavy atom. The van der Waals surface area contributed by atoms with Crippen molar-refractivity contribution < 1.29 is 0 Å². The fourth-order valence-corrected chi connectivity index (χ4v) is 2.75. The van der Waals surface area contributed by atoms with Gasteiger partial charge in [0.15, 0.2) is 5.16 Å². The van der Waals surface area contributed by atoms with E-state index in [1.165, 1.54) is 0 Å². The molecule has 0 amide bonds. The van der Waals surface area contributed by atoms with Crippen LogP contribution in [0.25, 0.3) is 0 Å². The lowest BCUT2D eigenvalue weighted by atomic mass is 9.96. The van der Waals surface area contributed by atoms with Crippen LogP contribution in [0.1, 0.15) is 39.5 Å². The summed E-state index contributed by atoms with van der Waals surface area (Å²) in [5, 5.41) is 13.6. The molecular formula is C14H24N4S. The summed E-state index contributed by atoms with van der Waals surface area (Å²) in [5.41, 5.74) is -0.371. The van der Waals surface area contributed by atoms with Crippen LogP contribution >= 0.6 is 11.8 Å². The lowest BCUT2D eigenvalue weighted by Gasteiger charge is -2.22. The summed E-state index contributed by atoms with van der Waals surface area (Å²) in [5.74, 6) is 1.06. The number of imidazole rings is 1. The predicted molar refractivity (Wildman–Crippen MR) is 80.1 cm³/mol. The molecule has 0 bridgehead atoms. The van der Waals surface area contributed by atoms with Crippen molar-refractivity contribution in [2.45, 2.75) is 50.2 Å². The zero-order chi connectivity index (χ0) is 14.1. The van der Waals surface area contributed by atoms with Gasteiger partial charge in [-0.05, 0) is 39.2 Å². The summed E-state index contributed by atoms with van der Waals surface area (Å²) in [7, 11) is 2.01. The number of aryl methyl sites for hydroxylation is 1. The van der Waals surface area contributed by atoms with E-state index in [-0.39, 0.29) is 5.54 Å². The minimum Gasteiger partial charge on any atom is -0.329 e. The minimum atomic E-state index is -0.371. The number of hydrogen-bond acceptors (Lipinski definition) is 4. The van der Waals surface area contributed by atoms with Crippen molar-refractivity contribution in [1.29, 1.82) is 5.26 Å². The van der Waals surface area contributed by atoms with Gasteiger partial charge in [0, 0.05) is 25.2 Å². The van der Waals surface area contributed by atoms with Crippen molar-refractivity contribution in [3.05, 3.63) is 12.4 Å². The van der Waals surface area contributed by atoms with Gasteiger partial charge in [-0.2, -0.15) is 5.26 Å². The summed E-state index contributed by atoms with van der Waals surface area (Å²) in [6.07, 6.45) is 7.94. The van der Waals surface area contributed by atoms with Crippen LogP contribution < -0.4 is 5.32 Å². The standard InChI is InChI=1S/C14H24N4S/c1-4-8-17-14(2,12-15)7-5-6-11-19-13-16-9-10-18(13)3/h9-10,17H,4-8,11H2,1-3H3. The molecule has 19 heavy (non-hydrogen) atoms. The normalized spacial score (nSPS) is 14.0. The molecule has 0 saturated heterocycles. The first kappa shape index (κ1) is 16.1. The molecule has 0 spiro atoms. The third-order valence-corrected chi connectivity index (χ3v) is 4.24. The number of nitrogens with one attached hydrogen (secondary N) is 1. The number of thioether (sulfide) groups is 1. The van der Waals surface area contributed by atoms with E-state index >= 15 is 0 Å². The van der Waals surface area contributed by atoms with Crippen molar-refractivity contribution in [2.75, 3.05) is 12.3 Å². The first-order chi connectivity index (χ1) is 9.11. The van der Waals surface area contributed by atoms with E-state index in [9.17, 15) is 5.26 Å². The fraction of sp³-hybridized carbons (Fsp3) is 0.714. The molecule has 0 aliphatic carbocycles. The molecule has 0 aliphatic rings. The van der Waals surface area contributed by atoms with Gasteiger partial charge in [0.1, 0.15) is 5.54 Å². The third kappa shape index (κ3) is 5.66. The van der Waals surface area contributed by atoms with Gasteiger partial charge in [0.2, 0.25) is 0 Å². The van der Waals surface area contributed by atoms with Gasteiger partial charge in [-0.25, -0.2) is 4.98 Å². The smallest absolute Gasteiger partial charge is 0.167 e. The number of nitriles is 1. The largest absolute Gasteiger partial charge is 0.329 e. The zero-order valence-corrected chi connectivity index (χ0v) is 13.0. The number of nitrogens with zero attached hydrogens (tertiary/aromatic N) is 3. The highest BCUT2D eigenvalue weighted by atomic mass is 32.2. The van der Waals surface area contributed by atoms with Gasteiger partial charge in [0.05, 0.1) is 6.07 Å². The van der Waals surface area contributed by atoms with Gasteiger partial charge in [-0.3, -0.25) is 5.32 Å². The highest BCUT2D eigenvalue weighted by Gasteiger charge is 2.21. The molecule has 0 aliphatic heterocycles. The maximum atomic E-state index is 9.22. The molecule has 1 heterocycles. The van der Waals surface area contributed by atoms with Gasteiger partial charge in [0.25, 0.3) is 0 Å². The minimum absolute atomic E-state index is 0.371. The fourth-order valence-electron chi connectivity index (χ4n) is 1.82. The number of hydrogen-bond donors (Lipinski definition) is 1. The topological polar surface area (TPSA) is 53.6 Å². The second kappa shape index (κ2) is 8.23. The van der Waals surface area contributed by atoms with E-state index < -0.39 is 0 Å². The molecule has 1 unspecified atom stereocenters. The second-order valence-corrected chi connectivity index (χ2v) is 6.06. The van der Waals surface area contributed by atoms with Crippen LogP contribution in [0.15, 0.2) is 17.6 Å². The van der Waals surface area contributed by atoms with E-state index in [1.807, 2.05) is 30.9 Å². The summed E-state index contributed by atoms with van der Waals surface area (Å²) in [4.78, 5) is 4.28. The summed E-state index contributed by atoms with van der Waals surface area (Å²) < 4.78 is 2.03. The zero-order valence-electron chi connectivity index (χ0n) is 12.1. The second-order valence-electron chi connectivity index (χ2n) is 5.00.